The fourth-order valence-corrected chi connectivity index (χ4v) is 1.73. The predicted molar refractivity (Wildman–Crippen MR) is 50.3 cm³/mol. The number of aromatic nitrogens is 1. The summed E-state index contributed by atoms with van der Waals surface area (Å²) in [6, 6.07) is 3.76. The van der Waals surface area contributed by atoms with Crippen molar-refractivity contribution in [2.75, 3.05) is 18.8 Å². The second kappa shape index (κ2) is 3.32. The minimum absolute atomic E-state index is 0.0914. The summed E-state index contributed by atoms with van der Waals surface area (Å²) in [5.74, 6) is 0.615. The molecule has 0 saturated carbocycles. The Morgan fingerprint density at radius 1 is 1.54 bits per heavy atom. The van der Waals surface area contributed by atoms with Crippen LogP contribution in [0.5, 0.6) is 0 Å². The van der Waals surface area contributed by atoms with E-state index in [4.69, 9.17) is 5.73 Å². The van der Waals surface area contributed by atoms with Gasteiger partial charge in [0.25, 0.3) is 0 Å². The second-order valence-electron chi connectivity index (χ2n) is 3.31. The molecular weight excluding hydrogens is 166 g/mol. The molecule has 1 saturated heterocycles. The highest BCUT2D eigenvalue weighted by atomic mass is 16.3. The molecule has 1 aromatic rings. The van der Waals surface area contributed by atoms with Crippen molar-refractivity contribution >= 4 is 5.82 Å². The number of hydrogen-bond acceptors (Lipinski definition) is 4. The van der Waals surface area contributed by atoms with Crippen LogP contribution in [-0.4, -0.2) is 29.3 Å². The quantitative estimate of drug-likeness (QED) is 0.554. The summed E-state index contributed by atoms with van der Waals surface area (Å²) in [4.78, 5) is 4.00. The number of nitrogens with two attached hydrogens (primary N) is 1. The number of anilines is 1. The molecular formula is C9H13N3O. The van der Waals surface area contributed by atoms with E-state index in [0.29, 0.717) is 12.4 Å². The molecule has 4 heteroatoms. The number of nitrogens with one attached hydrogen (secondary N) is 1. The molecule has 0 radical (unpaired) electrons. The van der Waals surface area contributed by atoms with Gasteiger partial charge in [-0.25, -0.2) is 4.98 Å². The number of aliphatic hydroxyl groups is 1. The fourth-order valence-electron chi connectivity index (χ4n) is 1.73. The number of aliphatic hydroxyl groups excluding tert-OH is 1. The summed E-state index contributed by atoms with van der Waals surface area (Å²) in [5, 5.41) is 12.7. The lowest BCUT2D eigenvalue weighted by Crippen LogP contribution is -2.17. The molecule has 0 aromatic carbocycles. The van der Waals surface area contributed by atoms with Crippen LogP contribution in [0, 0.1) is 0 Å². The Kier molecular flexibility index (Phi) is 2.16. The monoisotopic (exact) mass is 179 g/mol. The number of hydrogen-bond donors (Lipinski definition) is 3. The SMILES string of the molecule is Nc1ncccc1C1CNCC1O. The molecule has 2 unspecified atom stereocenters. The van der Waals surface area contributed by atoms with Gasteiger partial charge in [0.05, 0.1) is 6.10 Å². The predicted octanol–water partition coefficient (Wildman–Crippen LogP) is -0.289. The van der Waals surface area contributed by atoms with E-state index in [1.807, 2.05) is 12.1 Å². The molecule has 1 fully saturated rings. The van der Waals surface area contributed by atoms with Gasteiger partial charge >= 0.3 is 0 Å². The molecule has 0 amide bonds. The Hall–Kier alpha value is -1.13. The molecule has 0 aliphatic carbocycles. The summed E-state index contributed by atoms with van der Waals surface area (Å²) in [6.07, 6.45) is 1.32. The minimum atomic E-state index is -0.341. The van der Waals surface area contributed by atoms with Crippen molar-refractivity contribution in [3.63, 3.8) is 0 Å². The van der Waals surface area contributed by atoms with Gasteiger partial charge in [-0.3, -0.25) is 0 Å². The van der Waals surface area contributed by atoms with E-state index < -0.39 is 0 Å². The fraction of sp³-hybridized carbons (Fsp3) is 0.444. The van der Waals surface area contributed by atoms with Crippen molar-refractivity contribution in [1.29, 1.82) is 0 Å². The van der Waals surface area contributed by atoms with Gasteiger partial charge in [0.2, 0.25) is 0 Å². The normalized spacial score (nSPS) is 27.8. The average Bonchev–Trinajstić information content (AvgIpc) is 2.52. The van der Waals surface area contributed by atoms with Crippen LogP contribution in [0.15, 0.2) is 18.3 Å². The lowest BCUT2D eigenvalue weighted by atomic mass is 9.97. The Bertz CT molecular complexity index is 303. The van der Waals surface area contributed by atoms with Crippen LogP contribution in [0.1, 0.15) is 11.5 Å². The standard InChI is InChI=1S/C9H13N3O/c10-9-6(2-1-3-12-9)7-4-11-5-8(7)13/h1-3,7-8,11,13H,4-5H2,(H2,10,12). The van der Waals surface area contributed by atoms with Gasteiger partial charge in [0.1, 0.15) is 5.82 Å². The third kappa shape index (κ3) is 1.50. The number of nitrogen functional groups attached to an aromatic ring is 1. The summed E-state index contributed by atoms with van der Waals surface area (Å²) in [7, 11) is 0. The van der Waals surface area contributed by atoms with Crippen molar-refractivity contribution in [2.24, 2.45) is 0 Å². The summed E-state index contributed by atoms with van der Waals surface area (Å²) in [6.45, 7) is 1.41. The largest absolute Gasteiger partial charge is 0.391 e. The Balaban J connectivity index is 2.29. The maximum absolute atomic E-state index is 9.62. The van der Waals surface area contributed by atoms with Crippen molar-refractivity contribution < 1.29 is 5.11 Å². The third-order valence-electron chi connectivity index (χ3n) is 2.45. The number of rotatable bonds is 1. The van der Waals surface area contributed by atoms with Gasteiger partial charge in [-0.15, -0.1) is 0 Å². The molecule has 1 aliphatic heterocycles. The molecule has 0 spiro atoms. The van der Waals surface area contributed by atoms with Gasteiger partial charge < -0.3 is 16.2 Å². The topological polar surface area (TPSA) is 71.2 Å². The van der Waals surface area contributed by atoms with Crippen LogP contribution in [0.25, 0.3) is 0 Å². The molecule has 70 valence electrons. The Morgan fingerprint density at radius 2 is 2.38 bits per heavy atom. The van der Waals surface area contributed by atoms with Gasteiger partial charge in [-0.2, -0.15) is 0 Å². The lowest BCUT2D eigenvalue weighted by molar-refractivity contribution is 0.178. The minimum Gasteiger partial charge on any atom is -0.391 e. The van der Waals surface area contributed by atoms with Crippen molar-refractivity contribution in [3.05, 3.63) is 23.9 Å². The highest BCUT2D eigenvalue weighted by Crippen LogP contribution is 2.25. The molecule has 0 bridgehead atoms. The second-order valence-corrected chi connectivity index (χ2v) is 3.31. The van der Waals surface area contributed by atoms with Gasteiger partial charge in [0, 0.05) is 30.8 Å². The zero-order valence-electron chi connectivity index (χ0n) is 7.27. The van der Waals surface area contributed by atoms with Crippen molar-refractivity contribution in [2.45, 2.75) is 12.0 Å². The van der Waals surface area contributed by atoms with Crippen LogP contribution in [-0.2, 0) is 0 Å². The molecule has 2 atom stereocenters. The summed E-state index contributed by atoms with van der Waals surface area (Å²) < 4.78 is 0. The first-order valence-electron chi connectivity index (χ1n) is 4.38. The van der Waals surface area contributed by atoms with E-state index >= 15 is 0 Å². The van der Waals surface area contributed by atoms with Gasteiger partial charge in [-0.05, 0) is 6.07 Å². The van der Waals surface area contributed by atoms with Gasteiger partial charge in [-0.1, -0.05) is 6.07 Å². The van der Waals surface area contributed by atoms with E-state index in [0.717, 1.165) is 12.1 Å². The lowest BCUT2D eigenvalue weighted by Gasteiger charge is -2.14. The molecule has 2 rings (SSSR count). The Labute approximate surface area is 76.8 Å². The first kappa shape index (κ1) is 8.47. The van der Waals surface area contributed by atoms with E-state index in [2.05, 4.69) is 10.3 Å². The summed E-state index contributed by atoms with van der Waals surface area (Å²) in [5.41, 5.74) is 6.66. The molecule has 2 heterocycles. The third-order valence-corrected chi connectivity index (χ3v) is 2.45. The molecule has 13 heavy (non-hydrogen) atoms. The smallest absolute Gasteiger partial charge is 0.126 e. The number of nitrogens with zero attached hydrogens (tertiary/aromatic N) is 1. The van der Waals surface area contributed by atoms with Crippen LogP contribution in [0.4, 0.5) is 5.82 Å². The van der Waals surface area contributed by atoms with E-state index in [-0.39, 0.29) is 12.0 Å². The highest BCUT2D eigenvalue weighted by molar-refractivity contribution is 5.42. The van der Waals surface area contributed by atoms with E-state index in [1.54, 1.807) is 6.20 Å². The van der Waals surface area contributed by atoms with E-state index in [9.17, 15) is 5.11 Å². The van der Waals surface area contributed by atoms with E-state index in [1.165, 1.54) is 0 Å². The molecule has 1 aliphatic rings. The summed E-state index contributed by atoms with van der Waals surface area (Å²) >= 11 is 0. The molecule has 4 N–H and O–H groups in total. The maximum atomic E-state index is 9.62. The highest BCUT2D eigenvalue weighted by Gasteiger charge is 2.27. The average molecular weight is 179 g/mol. The van der Waals surface area contributed by atoms with Crippen LogP contribution in [0.3, 0.4) is 0 Å². The first-order valence-corrected chi connectivity index (χ1v) is 4.38. The first-order chi connectivity index (χ1) is 6.29. The van der Waals surface area contributed by atoms with Crippen LogP contribution >= 0.6 is 0 Å². The zero-order valence-corrected chi connectivity index (χ0v) is 7.27. The zero-order chi connectivity index (χ0) is 9.26. The van der Waals surface area contributed by atoms with Crippen LogP contribution < -0.4 is 11.1 Å². The number of β-amino-alcohol motifs (C(OH)–C–C–N with tert-alkyl or cyclic N) is 1. The van der Waals surface area contributed by atoms with Gasteiger partial charge in [0.15, 0.2) is 0 Å². The maximum Gasteiger partial charge on any atom is 0.126 e. The molecule has 4 nitrogen and oxygen atoms in total. The van der Waals surface area contributed by atoms with Crippen molar-refractivity contribution in [1.82, 2.24) is 10.3 Å². The Morgan fingerprint density at radius 3 is 3.00 bits per heavy atom. The van der Waals surface area contributed by atoms with Crippen molar-refractivity contribution in [3.8, 4) is 0 Å². The van der Waals surface area contributed by atoms with Crippen LogP contribution in [0.2, 0.25) is 0 Å². The molecule has 1 aromatic heterocycles. The number of pyridine rings is 1.